The molecule has 0 radical (unpaired) electrons. The van der Waals surface area contributed by atoms with E-state index < -0.39 is 0 Å². The molecule has 1 amide bonds. The van der Waals surface area contributed by atoms with Crippen LogP contribution in [0.1, 0.15) is 29.6 Å². The van der Waals surface area contributed by atoms with Gasteiger partial charge in [-0.3, -0.25) is 4.79 Å². The Balaban J connectivity index is 1.75. The van der Waals surface area contributed by atoms with Gasteiger partial charge in [0.25, 0.3) is 5.91 Å². The minimum Gasteiger partial charge on any atom is -0.497 e. The Hall–Kier alpha value is -1.55. The highest BCUT2D eigenvalue weighted by molar-refractivity contribution is 5.94. The van der Waals surface area contributed by atoms with Crippen LogP contribution in [-0.4, -0.2) is 43.1 Å². The molecule has 0 aromatic heterocycles. The molecule has 0 saturated carbocycles. The number of likely N-dealkylation sites (tertiary alicyclic amines) is 1. The summed E-state index contributed by atoms with van der Waals surface area (Å²) in [4.78, 5) is 14.5. The maximum Gasteiger partial charge on any atom is 0.254 e. The Morgan fingerprint density at radius 3 is 3.00 bits per heavy atom. The molecular weight excluding hydrogens is 240 g/mol. The molecular formula is C15H20N2O2. The van der Waals surface area contributed by atoms with Crippen LogP contribution in [0, 0.1) is 0 Å². The maximum atomic E-state index is 12.5. The van der Waals surface area contributed by atoms with Crippen molar-refractivity contribution in [2.75, 3.05) is 20.2 Å². The van der Waals surface area contributed by atoms with Crippen LogP contribution in [0.3, 0.4) is 0 Å². The second-order valence-electron chi connectivity index (χ2n) is 5.41. The standard InChI is InChI=1S/C15H20N2O2/c1-19-14-4-2-3-11(9-14)15(18)17-8-7-12-5-6-13(10-17)16-12/h2-4,9,12-13,16H,5-8,10H2,1H3. The van der Waals surface area contributed by atoms with Crippen LogP contribution in [0.25, 0.3) is 0 Å². The van der Waals surface area contributed by atoms with Gasteiger partial charge in [0.05, 0.1) is 7.11 Å². The van der Waals surface area contributed by atoms with Gasteiger partial charge in [0, 0.05) is 30.7 Å². The Morgan fingerprint density at radius 1 is 1.32 bits per heavy atom. The predicted octanol–water partition coefficient (Wildman–Crippen LogP) is 1.66. The molecule has 1 N–H and O–H groups in total. The van der Waals surface area contributed by atoms with Crippen molar-refractivity contribution in [2.24, 2.45) is 0 Å². The number of carbonyl (C=O) groups excluding carboxylic acids is 1. The Bertz CT molecular complexity index is 475. The highest BCUT2D eigenvalue weighted by Crippen LogP contribution is 2.22. The number of nitrogens with zero attached hydrogens (tertiary/aromatic N) is 1. The van der Waals surface area contributed by atoms with E-state index in [1.54, 1.807) is 7.11 Å². The molecule has 2 fully saturated rings. The van der Waals surface area contributed by atoms with Gasteiger partial charge < -0.3 is 15.0 Å². The molecule has 2 saturated heterocycles. The molecule has 2 heterocycles. The van der Waals surface area contributed by atoms with E-state index in [2.05, 4.69) is 5.32 Å². The van der Waals surface area contributed by atoms with Crippen molar-refractivity contribution in [3.8, 4) is 5.75 Å². The monoisotopic (exact) mass is 260 g/mol. The van der Waals surface area contributed by atoms with Crippen LogP contribution < -0.4 is 10.1 Å². The number of hydrogen-bond donors (Lipinski definition) is 1. The van der Waals surface area contributed by atoms with E-state index in [1.807, 2.05) is 29.2 Å². The molecule has 4 heteroatoms. The lowest BCUT2D eigenvalue weighted by Gasteiger charge is -2.24. The molecule has 2 atom stereocenters. The van der Waals surface area contributed by atoms with Gasteiger partial charge in [0.15, 0.2) is 0 Å². The fourth-order valence-corrected chi connectivity index (χ4v) is 3.07. The smallest absolute Gasteiger partial charge is 0.254 e. The number of amides is 1. The molecule has 2 bridgehead atoms. The third kappa shape index (κ3) is 2.59. The summed E-state index contributed by atoms with van der Waals surface area (Å²) in [7, 11) is 1.62. The topological polar surface area (TPSA) is 41.6 Å². The van der Waals surface area contributed by atoms with E-state index in [4.69, 9.17) is 4.74 Å². The fourth-order valence-electron chi connectivity index (χ4n) is 3.07. The second kappa shape index (κ2) is 5.21. The van der Waals surface area contributed by atoms with Crippen molar-refractivity contribution < 1.29 is 9.53 Å². The Morgan fingerprint density at radius 2 is 2.16 bits per heavy atom. The molecule has 19 heavy (non-hydrogen) atoms. The molecule has 1 aromatic carbocycles. The number of methoxy groups -OCH3 is 1. The Kier molecular flexibility index (Phi) is 3.42. The van der Waals surface area contributed by atoms with E-state index in [0.29, 0.717) is 12.1 Å². The average molecular weight is 260 g/mol. The summed E-state index contributed by atoms with van der Waals surface area (Å²) in [5.41, 5.74) is 0.720. The maximum absolute atomic E-state index is 12.5. The molecule has 1 aromatic rings. The number of nitrogens with one attached hydrogen (secondary N) is 1. The third-order valence-electron chi connectivity index (χ3n) is 4.13. The lowest BCUT2D eigenvalue weighted by Crippen LogP contribution is -2.39. The van der Waals surface area contributed by atoms with Gasteiger partial charge in [-0.05, 0) is 37.5 Å². The van der Waals surface area contributed by atoms with E-state index >= 15 is 0 Å². The SMILES string of the molecule is COc1cccc(C(=O)N2CCC3CCC(C2)N3)c1. The van der Waals surface area contributed by atoms with Gasteiger partial charge in [-0.15, -0.1) is 0 Å². The van der Waals surface area contributed by atoms with Crippen molar-refractivity contribution in [2.45, 2.75) is 31.3 Å². The quantitative estimate of drug-likeness (QED) is 0.879. The van der Waals surface area contributed by atoms with E-state index in [-0.39, 0.29) is 5.91 Å². The van der Waals surface area contributed by atoms with Crippen LogP contribution in [0.5, 0.6) is 5.75 Å². The summed E-state index contributed by atoms with van der Waals surface area (Å²) in [6, 6.07) is 8.49. The first kappa shape index (κ1) is 12.5. The van der Waals surface area contributed by atoms with Gasteiger partial charge >= 0.3 is 0 Å². The molecule has 2 unspecified atom stereocenters. The molecule has 0 aliphatic carbocycles. The molecule has 0 spiro atoms. The van der Waals surface area contributed by atoms with E-state index in [9.17, 15) is 4.79 Å². The van der Waals surface area contributed by atoms with Crippen molar-refractivity contribution in [1.82, 2.24) is 10.2 Å². The summed E-state index contributed by atoms with van der Waals surface area (Å²) in [6.07, 6.45) is 3.50. The first-order valence-electron chi connectivity index (χ1n) is 6.95. The number of ether oxygens (including phenoxy) is 1. The molecule has 102 valence electrons. The molecule has 2 aliphatic heterocycles. The zero-order valence-corrected chi connectivity index (χ0v) is 11.3. The second-order valence-corrected chi connectivity index (χ2v) is 5.41. The first-order valence-corrected chi connectivity index (χ1v) is 6.95. The molecule has 3 rings (SSSR count). The van der Waals surface area contributed by atoms with Crippen LogP contribution in [0.15, 0.2) is 24.3 Å². The summed E-state index contributed by atoms with van der Waals surface area (Å²) >= 11 is 0. The largest absolute Gasteiger partial charge is 0.497 e. The molecule has 2 aliphatic rings. The predicted molar refractivity (Wildman–Crippen MR) is 73.5 cm³/mol. The van der Waals surface area contributed by atoms with Gasteiger partial charge in [0.1, 0.15) is 5.75 Å². The minimum absolute atomic E-state index is 0.119. The number of rotatable bonds is 2. The van der Waals surface area contributed by atoms with Crippen LogP contribution >= 0.6 is 0 Å². The van der Waals surface area contributed by atoms with E-state index in [0.717, 1.165) is 30.8 Å². The Labute approximate surface area is 113 Å². The van der Waals surface area contributed by atoms with Gasteiger partial charge in [-0.2, -0.15) is 0 Å². The van der Waals surface area contributed by atoms with Gasteiger partial charge in [-0.25, -0.2) is 0 Å². The first-order chi connectivity index (χ1) is 9.26. The number of benzene rings is 1. The lowest BCUT2D eigenvalue weighted by atomic mass is 10.1. The zero-order chi connectivity index (χ0) is 13.2. The molecule has 4 nitrogen and oxygen atoms in total. The van der Waals surface area contributed by atoms with Crippen molar-refractivity contribution in [3.05, 3.63) is 29.8 Å². The summed E-state index contributed by atoms with van der Waals surface area (Å²) in [5.74, 6) is 0.855. The zero-order valence-electron chi connectivity index (χ0n) is 11.3. The number of hydrogen-bond acceptors (Lipinski definition) is 3. The average Bonchev–Trinajstić information content (AvgIpc) is 2.77. The van der Waals surface area contributed by atoms with Crippen LogP contribution in [0.4, 0.5) is 0 Å². The summed E-state index contributed by atoms with van der Waals surface area (Å²) < 4.78 is 5.18. The highest BCUT2D eigenvalue weighted by atomic mass is 16.5. The van der Waals surface area contributed by atoms with Gasteiger partial charge in [-0.1, -0.05) is 6.07 Å². The third-order valence-corrected chi connectivity index (χ3v) is 4.13. The van der Waals surface area contributed by atoms with E-state index in [1.165, 1.54) is 12.8 Å². The van der Waals surface area contributed by atoms with Crippen molar-refractivity contribution in [3.63, 3.8) is 0 Å². The number of fused-ring (bicyclic) bond motifs is 2. The van der Waals surface area contributed by atoms with Crippen LogP contribution in [-0.2, 0) is 0 Å². The number of carbonyl (C=O) groups is 1. The van der Waals surface area contributed by atoms with Gasteiger partial charge in [0.2, 0.25) is 0 Å². The minimum atomic E-state index is 0.119. The fraction of sp³-hybridized carbons (Fsp3) is 0.533. The summed E-state index contributed by atoms with van der Waals surface area (Å²) in [5, 5.41) is 3.59. The van der Waals surface area contributed by atoms with Crippen LogP contribution in [0.2, 0.25) is 0 Å². The normalized spacial score (nSPS) is 26.1. The van der Waals surface area contributed by atoms with Crippen molar-refractivity contribution in [1.29, 1.82) is 0 Å². The summed E-state index contributed by atoms with van der Waals surface area (Å²) in [6.45, 7) is 1.68. The lowest BCUT2D eigenvalue weighted by molar-refractivity contribution is 0.0748. The van der Waals surface area contributed by atoms with Crippen molar-refractivity contribution >= 4 is 5.91 Å². The highest BCUT2D eigenvalue weighted by Gasteiger charge is 2.31.